The number of phenols is 1. The van der Waals surface area contributed by atoms with E-state index in [2.05, 4.69) is 15.9 Å². The Hall–Kier alpha value is -1.10. The molecule has 1 saturated heterocycles. The molecule has 0 atom stereocenters. The Balaban J connectivity index is 2.26. The summed E-state index contributed by atoms with van der Waals surface area (Å²) in [6, 6.07) is 2.29. The molecule has 5 heteroatoms. The molecule has 2 rings (SSSR count). The SMILES string of the molecule is O=C(c1cc(F)c(Br)cc1O)N1CCCCC1. The van der Waals surface area contributed by atoms with Gasteiger partial charge < -0.3 is 10.0 Å². The normalized spacial score (nSPS) is 16.0. The van der Waals surface area contributed by atoms with Gasteiger partial charge in [0.1, 0.15) is 11.6 Å². The summed E-state index contributed by atoms with van der Waals surface area (Å²) in [5.41, 5.74) is 0.0348. The number of piperidine rings is 1. The van der Waals surface area contributed by atoms with E-state index in [4.69, 9.17) is 0 Å². The summed E-state index contributed by atoms with van der Waals surface area (Å²) >= 11 is 2.97. The van der Waals surface area contributed by atoms with Gasteiger partial charge in [0.15, 0.2) is 0 Å². The zero-order valence-corrected chi connectivity index (χ0v) is 10.8. The zero-order valence-electron chi connectivity index (χ0n) is 9.25. The summed E-state index contributed by atoms with van der Waals surface area (Å²) in [5, 5.41) is 9.67. The number of halogens is 2. The quantitative estimate of drug-likeness (QED) is 0.866. The van der Waals surface area contributed by atoms with Gasteiger partial charge >= 0.3 is 0 Å². The van der Waals surface area contributed by atoms with Gasteiger partial charge in [-0.1, -0.05) is 0 Å². The summed E-state index contributed by atoms with van der Waals surface area (Å²) in [6.07, 6.45) is 3.04. The molecule has 17 heavy (non-hydrogen) atoms. The van der Waals surface area contributed by atoms with Crippen LogP contribution in [0.5, 0.6) is 5.75 Å². The lowest BCUT2D eigenvalue weighted by molar-refractivity contribution is 0.0720. The lowest BCUT2D eigenvalue weighted by Crippen LogP contribution is -2.35. The topological polar surface area (TPSA) is 40.5 Å². The molecule has 1 aromatic carbocycles. The van der Waals surface area contributed by atoms with Crippen molar-refractivity contribution in [3.8, 4) is 5.75 Å². The first-order valence-electron chi connectivity index (χ1n) is 5.57. The van der Waals surface area contributed by atoms with Crippen LogP contribution in [0.25, 0.3) is 0 Å². The highest BCUT2D eigenvalue weighted by Gasteiger charge is 2.22. The molecule has 0 aromatic heterocycles. The van der Waals surface area contributed by atoms with Crippen LogP contribution in [0.15, 0.2) is 16.6 Å². The van der Waals surface area contributed by atoms with E-state index in [-0.39, 0.29) is 21.7 Å². The first-order valence-corrected chi connectivity index (χ1v) is 6.36. The third-order valence-corrected chi connectivity index (χ3v) is 3.52. The largest absolute Gasteiger partial charge is 0.507 e. The van der Waals surface area contributed by atoms with E-state index in [1.54, 1.807) is 4.90 Å². The van der Waals surface area contributed by atoms with Gasteiger partial charge in [-0.05, 0) is 47.3 Å². The second-order valence-corrected chi connectivity index (χ2v) is 4.99. The van der Waals surface area contributed by atoms with Crippen LogP contribution in [0.2, 0.25) is 0 Å². The van der Waals surface area contributed by atoms with Crippen LogP contribution in [0.3, 0.4) is 0 Å². The summed E-state index contributed by atoms with van der Waals surface area (Å²) in [5.74, 6) is -1.02. The van der Waals surface area contributed by atoms with Crippen molar-refractivity contribution in [2.24, 2.45) is 0 Å². The average molecular weight is 302 g/mol. The standard InChI is InChI=1S/C12H13BrFNO2/c13-9-7-11(16)8(6-10(9)14)12(17)15-4-2-1-3-5-15/h6-7,16H,1-5H2. The van der Waals surface area contributed by atoms with Crippen molar-refractivity contribution in [3.63, 3.8) is 0 Å². The summed E-state index contributed by atoms with van der Waals surface area (Å²) in [7, 11) is 0. The van der Waals surface area contributed by atoms with Gasteiger partial charge in [0.25, 0.3) is 5.91 Å². The highest BCUT2D eigenvalue weighted by molar-refractivity contribution is 9.10. The van der Waals surface area contributed by atoms with Crippen molar-refractivity contribution in [3.05, 3.63) is 28.0 Å². The molecule has 0 aliphatic carbocycles. The van der Waals surface area contributed by atoms with Gasteiger partial charge in [-0.15, -0.1) is 0 Å². The van der Waals surface area contributed by atoms with Gasteiger partial charge in [0, 0.05) is 13.1 Å². The Morgan fingerprint density at radius 3 is 2.59 bits per heavy atom. The molecule has 1 aromatic rings. The first kappa shape index (κ1) is 12.4. The third kappa shape index (κ3) is 2.60. The van der Waals surface area contributed by atoms with Crippen LogP contribution in [-0.4, -0.2) is 29.0 Å². The van der Waals surface area contributed by atoms with Crippen LogP contribution >= 0.6 is 15.9 Å². The maximum Gasteiger partial charge on any atom is 0.257 e. The minimum Gasteiger partial charge on any atom is -0.507 e. The summed E-state index contributed by atoms with van der Waals surface area (Å²) < 4.78 is 13.5. The molecule has 0 radical (unpaired) electrons. The third-order valence-electron chi connectivity index (χ3n) is 2.91. The van der Waals surface area contributed by atoms with Crippen LogP contribution in [0.1, 0.15) is 29.6 Å². The van der Waals surface area contributed by atoms with Crippen molar-refractivity contribution < 1.29 is 14.3 Å². The Morgan fingerprint density at radius 2 is 1.94 bits per heavy atom. The maximum atomic E-state index is 13.4. The molecule has 0 spiro atoms. The van der Waals surface area contributed by atoms with Crippen molar-refractivity contribution in [1.82, 2.24) is 4.90 Å². The van der Waals surface area contributed by atoms with E-state index in [1.165, 1.54) is 6.07 Å². The van der Waals surface area contributed by atoms with Crippen LogP contribution in [-0.2, 0) is 0 Å². The van der Waals surface area contributed by atoms with Crippen molar-refractivity contribution in [2.45, 2.75) is 19.3 Å². The van der Waals surface area contributed by atoms with E-state index in [1.807, 2.05) is 0 Å². The molecule has 1 fully saturated rings. The number of aromatic hydroxyl groups is 1. The predicted molar refractivity (Wildman–Crippen MR) is 65.5 cm³/mol. The molecule has 3 nitrogen and oxygen atoms in total. The van der Waals surface area contributed by atoms with Crippen LogP contribution in [0.4, 0.5) is 4.39 Å². The van der Waals surface area contributed by atoms with E-state index in [0.717, 1.165) is 25.3 Å². The molecule has 92 valence electrons. The van der Waals surface area contributed by atoms with E-state index < -0.39 is 5.82 Å². The monoisotopic (exact) mass is 301 g/mol. The Kier molecular flexibility index (Phi) is 3.66. The molecule has 1 amide bonds. The first-order chi connectivity index (χ1) is 8.09. The number of amides is 1. The lowest BCUT2D eigenvalue weighted by atomic mass is 10.1. The number of benzene rings is 1. The fourth-order valence-corrected chi connectivity index (χ4v) is 2.31. The minimum absolute atomic E-state index is 0.0348. The van der Waals surface area contributed by atoms with Gasteiger partial charge in [-0.3, -0.25) is 4.79 Å². The molecule has 1 aliphatic heterocycles. The van der Waals surface area contributed by atoms with E-state index in [0.29, 0.717) is 13.1 Å². The van der Waals surface area contributed by atoms with Gasteiger partial charge in [0.2, 0.25) is 0 Å². The van der Waals surface area contributed by atoms with E-state index in [9.17, 15) is 14.3 Å². The fraction of sp³-hybridized carbons (Fsp3) is 0.417. The van der Waals surface area contributed by atoms with Crippen molar-refractivity contribution >= 4 is 21.8 Å². The molecule has 1 heterocycles. The molecular weight excluding hydrogens is 289 g/mol. The van der Waals surface area contributed by atoms with Crippen LogP contribution < -0.4 is 0 Å². The average Bonchev–Trinajstić information content (AvgIpc) is 2.34. The number of rotatable bonds is 1. The number of likely N-dealkylation sites (tertiary alicyclic amines) is 1. The lowest BCUT2D eigenvalue weighted by Gasteiger charge is -2.27. The molecular formula is C12H13BrFNO2. The molecule has 0 unspecified atom stereocenters. The van der Waals surface area contributed by atoms with Gasteiger partial charge in [-0.2, -0.15) is 0 Å². The second kappa shape index (κ2) is 5.04. The van der Waals surface area contributed by atoms with Crippen LogP contribution in [0, 0.1) is 5.82 Å². The number of hydrogen-bond acceptors (Lipinski definition) is 2. The Labute approximate surface area is 107 Å². The minimum atomic E-state index is -0.539. The summed E-state index contributed by atoms with van der Waals surface area (Å²) in [6.45, 7) is 1.35. The number of nitrogens with zero attached hydrogens (tertiary/aromatic N) is 1. The number of carbonyl (C=O) groups excluding carboxylic acids is 1. The smallest absolute Gasteiger partial charge is 0.257 e. The van der Waals surface area contributed by atoms with Gasteiger partial charge in [-0.25, -0.2) is 4.39 Å². The molecule has 0 saturated carbocycles. The summed E-state index contributed by atoms with van der Waals surface area (Å²) in [4.78, 5) is 13.7. The highest BCUT2D eigenvalue weighted by atomic mass is 79.9. The number of phenolic OH excluding ortho intramolecular Hbond substituents is 1. The molecule has 1 aliphatic rings. The van der Waals surface area contributed by atoms with Gasteiger partial charge in [0.05, 0.1) is 10.0 Å². The Morgan fingerprint density at radius 1 is 1.29 bits per heavy atom. The second-order valence-electron chi connectivity index (χ2n) is 4.14. The number of carbonyl (C=O) groups is 1. The highest BCUT2D eigenvalue weighted by Crippen LogP contribution is 2.27. The van der Waals surface area contributed by atoms with E-state index >= 15 is 0 Å². The predicted octanol–water partition coefficient (Wildman–Crippen LogP) is 2.92. The van der Waals surface area contributed by atoms with Crippen molar-refractivity contribution in [2.75, 3.05) is 13.1 Å². The fourth-order valence-electron chi connectivity index (χ4n) is 1.97. The molecule has 1 N–H and O–H groups in total. The Bertz CT molecular complexity index is 444. The zero-order chi connectivity index (χ0) is 12.4. The van der Waals surface area contributed by atoms with Crippen molar-refractivity contribution in [1.29, 1.82) is 0 Å². The number of hydrogen-bond donors (Lipinski definition) is 1. The molecule has 0 bridgehead atoms. The maximum absolute atomic E-state index is 13.4.